The van der Waals surface area contributed by atoms with Crippen LogP contribution in [0, 0.1) is 0 Å². The zero-order valence-electron chi connectivity index (χ0n) is 15.2. The van der Waals surface area contributed by atoms with Gasteiger partial charge in [-0.15, -0.1) is 10.2 Å². The van der Waals surface area contributed by atoms with Crippen LogP contribution in [0.4, 0.5) is 11.5 Å². The highest BCUT2D eigenvalue weighted by atomic mass is 79.9. The number of anilines is 2. The molecule has 1 aromatic heterocycles. The molecule has 0 amide bonds. The van der Waals surface area contributed by atoms with Crippen LogP contribution in [0.5, 0.6) is 5.75 Å². The maximum absolute atomic E-state index is 5.49. The molecule has 4 rings (SSSR count). The average molecular weight is 425 g/mol. The summed E-state index contributed by atoms with van der Waals surface area (Å²) in [6.45, 7) is 3.67. The third kappa shape index (κ3) is 3.90. The molecule has 138 valence electrons. The van der Waals surface area contributed by atoms with Crippen LogP contribution in [-0.2, 0) is 0 Å². The van der Waals surface area contributed by atoms with E-state index in [4.69, 9.17) is 4.74 Å². The number of methoxy groups -OCH3 is 1. The maximum Gasteiger partial charge on any atom is 0.151 e. The van der Waals surface area contributed by atoms with Crippen LogP contribution in [0.3, 0.4) is 0 Å². The average Bonchev–Trinajstić information content (AvgIpc) is 2.74. The first-order valence-corrected chi connectivity index (χ1v) is 9.76. The van der Waals surface area contributed by atoms with Gasteiger partial charge in [0.05, 0.1) is 18.5 Å². The minimum atomic E-state index is 0.888. The van der Waals surface area contributed by atoms with Crippen molar-refractivity contribution in [3.63, 3.8) is 0 Å². The van der Waals surface area contributed by atoms with Gasteiger partial charge in [-0.1, -0.05) is 40.2 Å². The normalized spacial score (nSPS) is 14.3. The SMILES string of the molecule is COc1ccccc1N1CCN(c2ccc(-c3ccc(Br)cc3)nn2)CC1. The lowest BCUT2D eigenvalue weighted by Crippen LogP contribution is -2.47. The predicted octanol–water partition coefficient (Wildman–Crippen LogP) is 4.24. The first-order valence-electron chi connectivity index (χ1n) is 8.97. The highest BCUT2D eigenvalue weighted by Crippen LogP contribution is 2.29. The molecule has 0 saturated carbocycles. The lowest BCUT2D eigenvalue weighted by Gasteiger charge is -2.37. The van der Waals surface area contributed by atoms with E-state index in [2.05, 4.69) is 54.1 Å². The smallest absolute Gasteiger partial charge is 0.151 e. The fraction of sp³-hybridized carbons (Fsp3) is 0.238. The monoisotopic (exact) mass is 424 g/mol. The van der Waals surface area contributed by atoms with Gasteiger partial charge >= 0.3 is 0 Å². The first-order chi connectivity index (χ1) is 13.2. The van der Waals surface area contributed by atoms with Crippen LogP contribution < -0.4 is 14.5 Å². The van der Waals surface area contributed by atoms with Crippen LogP contribution in [0.25, 0.3) is 11.3 Å². The Balaban J connectivity index is 1.43. The number of aromatic nitrogens is 2. The van der Waals surface area contributed by atoms with E-state index in [1.807, 2.05) is 42.5 Å². The Morgan fingerprint density at radius 1 is 0.815 bits per heavy atom. The van der Waals surface area contributed by atoms with Crippen molar-refractivity contribution in [1.29, 1.82) is 0 Å². The summed E-state index contributed by atoms with van der Waals surface area (Å²) in [6, 6.07) is 20.4. The fourth-order valence-electron chi connectivity index (χ4n) is 3.34. The summed E-state index contributed by atoms with van der Waals surface area (Å²) in [5.41, 5.74) is 3.11. The highest BCUT2D eigenvalue weighted by molar-refractivity contribution is 9.10. The Labute approximate surface area is 167 Å². The molecule has 6 heteroatoms. The second-order valence-corrected chi connectivity index (χ2v) is 7.35. The second-order valence-electron chi connectivity index (χ2n) is 6.43. The molecule has 0 unspecified atom stereocenters. The third-order valence-electron chi connectivity index (χ3n) is 4.82. The summed E-state index contributed by atoms with van der Waals surface area (Å²) in [7, 11) is 1.72. The van der Waals surface area contributed by atoms with Gasteiger partial charge in [-0.05, 0) is 36.4 Å². The lowest BCUT2D eigenvalue weighted by atomic mass is 10.1. The fourth-order valence-corrected chi connectivity index (χ4v) is 3.60. The topological polar surface area (TPSA) is 41.5 Å². The van der Waals surface area contributed by atoms with Gasteiger partial charge in [-0.3, -0.25) is 0 Å². The van der Waals surface area contributed by atoms with E-state index >= 15 is 0 Å². The van der Waals surface area contributed by atoms with Gasteiger partial charge in [0, 0.05) is 36.2 Å². The highest BCUT2D eigenvalue weighted by Gasteiger charge is 2.20. The van der Waals surface area contributed by atoms with E-state index in [-0.39, 0.29) is 0 Å². The Morgan fingerprint density at radius 3 is 2.19 bits per heavy atom. The lowest BCUT2D eigenvalue weighted by molar-refractivity contribution is 0.413. The molecule has 0 radical (unpaired) electrons. The van der Waals surface area contributed by atoms with Crippen LogP contribution >= 0.6 is 15.9 Å². The molecule has 2 aromatic carbocycles. The summed E-state index contributed by atoms with van der Waals surface area (Å²) < 4.78 is 6.55. The summed E-state index contributed by atoms with van der Waals surface area (Å²) in [5, 5.41) is 8.87. The van der Waals surface area contributed by atoms with Crippen molar-refractivity contribution in [3.8, 4) is 17.0 Å². The van der Waals surface area contributed by atoms with Crippen LogP contribution in [0.1, 0.15) is 0 Å². The molecule has 27 heavy (non-hydrogen) atoms. The molecule has 0 N–H and O–H groups in total. The van der Waals surface area contributed by atoms with Crippen molar-refractivity contribution < 1.29 is 4.74 Å². The largest absolute Gasteiger partial charge is 0.495 e. The van der Waals surface area contributed by atoms with Crippen molar-refractivity contribution in [3.05, 3.63) is 65.1 Å². The molecule has 1 saturated heterocycles. The van der Waals surface area contributed by atoms with Gasteiger partial charge in [-0.2, -0.15) is 0 Å². The standard InChI is InChI=1S/C21H21BrN4O/c1-27-20-5-3-2-4-19(20)25-12-14-26(15-13-25)21-11-10-18(23-24-21)16-6-8-17(22)9-7-16/h2-11H,12-15H2,1H3. The molecule has 1 fully saturated rings. The summed E-state index contributed by atoms with van der Waals surface area (Å²) in [4.78, 5) is 4.64. The minimum absolute atomic E-state index is 0.888. The molecule has 0 bridgehead atoms. The number of rotatable bonds is 4. The maximum atomic E-state index is 5.49. The third-order valence-corrected chi connectivity index (χ3v) is 5.35. The van der Waals surface area contributed by atoms with Gasteiger partial charge in [0.1, 0.15) is 5.75 Å². The van der Waals surface area contributed by atoms with Gasteiger partial charge in [0.25, 0.3) is 0 Å². The predicted molar refractivity (Wildman–Crippen MR) is 113 cm³/mol. The van der Waals surface area contributed by atoms with Crippen molar-refractivity contribution in [2.75, 3.05) is 43.1 Å². The van der Waals surface area contributed by atoms with Gasteiger partial charge in [0.15, 0.2) is 5.82 Å². The molecular formula is C21H21BrN4O. The van der Waals surface area contributed by atoms with E-state index in [1.165, 1.54) is 0 Å². The van der Waals surface area contributed by atoms with E-state index in [1.54, 1.807) is 7.11 Å². The number of halogens is 1. The van der Waals surface area contributed by atoms with Crippen molar-refractivity contribution in [1.82, 2.24) is 10.2 Å². The molecular weight excluding hydrogens is 404 g/mol. The Hall–Kier alpha value is -2.60. The van der Waals surface area contributed by atoms with E-state index in [0.717, 1.165) is 59.2 Å². The number of para-hydroxylation sites is 2. The Bertz CT molecular complexity index is 891. The molecule has 3 aromatic rings. The van der Waals surface area contributed by atoms with Crippen molar-refractivity contribution in [2.24, 2.45) is 0 Å². The quantitative estimate of drug-likeness (QED) is 0.626. The van der Waals surface area contributed by atoms with E-state index in [9.17, 15) is 0 Å². The van der Waals surface area contributed by atoms with Gasteiger partial charge in [0.2, 0.25) is 0 Å². The molecule has 0 atom stereocenters. The molecule has 5 nitrogen and oxygen atoms in total. The van der Waals surface area contributed by atoms with Crippen LogP contribution in [-0.4, -0.2) is 43.5 Å². The van der Waals surface area contributed by atoms with E-state index in [0.29, 0.717) is 0 Å². The number of nitrogens with zero attached hydrogens (tertiary/aromatic N) is 4. The zero-order chi connectivity index (χ0) is 18.6. The molecule has 1 aliphatic rings. The number of piperazine rings is 1. The van der Waals surface area contributed by atoms with Crippen molar-refractivity contribution >= 4 is 27.4 Å². The zero-order valence-corrected chi connectivity index (χ0v) is 16.8. The molecule has 0 aliphatic carbocycles. The summed E-state index contributed by atoms with van der Waals surface area (Å²) in [5.74, 6) is 1.85. The van der Waals surface area contributed by atoms with E-state index < -0.39 is 0 Å². The molecule has 0 spiro atoms. The summed E-state index contributed by atoms with van der Waals surface area (Å²) >= 11 is 3.46. The molecule has 1 aliphatic heterocycles. The summed E-state index contributed by atoms with van der Waals surface area (Å²) in [6.07, 6.45) is 0. The second kappa shape index (κ2) is 7.96. The first kappa shape index (κ1) is 17.8. The Kier molecular flexibility index (Phi) is 5.25. The van der Waals surface area contributed by atoms with Gasteiger partial charge < -0.3 is 14.5 Å². The van der Waals surface area contributed by atoms with Gasteiger partial charge in [-0.25, -0.2) is 0 Å². The van der Waals surface area contributed by atoms with Crippen LogP contribution in [0.2, 0.25) is 0 Å². The number of ether oxygens (including phenoxy) is 1. The van der Waals surface area contributed by atoms with Crippen LogP contribution in [0.15, 0.2) is 65.1 Å². The molecule has 2 heterocycles. The Morgan fingerprint density at radius 2 is 1.52 bits per heavy atom. The number of hydrogen-bond acceptors (Lipinski definition) is 5. The minimum Gasteiger partial charge on any atom is -0.495 e. The van der Waals surface area contributed by atoms with Crippen molar-refractivity contribution in [2.45, 2.75) is 0 Å². The number of hydrogen-bond donors (Lipinski definition) is 0. The number of benzene rings is 2.